The number of phenols is 1. The van der Waals surface area contributed by atoms with Gasteiger partial charge in [0.25, 0.3) is 5.56 Å². The van der Waals surface area contributed by atoms with Gasteiger partial charge in [-0.25, -0.2) is 4.98 Å². The summed E-state index contributed by atoms with van der Waals surface area (Å²) in [6.45, 7) is 0. The molecule has 0 saturated heterocycles. The van der Waals surface area contributed by atoms with Crippen LogP contribution in [-0.2, 0) is 0 Å². The third-order valence-electron chi connectivity index (χ3n) is 5.46. The van der Waals surface area contributed by atoms with Gasteiger partial charge in [0.1, 0.15) is 5.82 Å². The minimum absolute atomic E-state index is 0.00559. The number of rotatable bonds is 4. The first-order chi connectivity index (χ1) is 14.5. The highest BCUT2D eigenvalue weighted by molar-refractivity contribution is 9.13. The quantitative estimate of drug-likeness (QED) is 0.444. The van der Waals surface area contributed by atoms with E-state index in [0.29, 0.717) is 37.0 Å². The maximum atomic E-state index is 13.3. The molecule has 1 N–H and O–H groups in total. The zero-order valence-electron chi connectivity index (χ0n) is 16.4. The van der Waals surface area contributed by atoms with Crippen LogP contribution in [-0.4, -0.2) is 28.1 Å². The predicted octanol–water partition coefficient (Wildman–Crippen LogP) is 5.57. The minimum Gasteiger partial charge on any atom is -0.503 e. The highest BCUT2D eigenvalue weighted by atomic mass is 79.9. The molecule has 0 spiro atoms. The fourth-order valence-electron chi connectivity index (χ4n) is 3.86. The molecule has 0 amide bonds. The highest BCUT2D eigenvalue weighted by Gasteiger charge is 2.22. The van der Waals surface area contributed by atoms with Crippen LogP contribution in [0.3, 0.4) is 0 Å². The highest BCUT2D eigenvalue weighted by Crippen LogP contribution is 2.41. The Balaban J connectivity index is 1.87. The van der Waals surface area contributed by atoms with Gasteiger partial charge in [0.2, 0.25) is 0 Å². The molecule has 0 aliphatic heterocycles. The van der Waals surface area contributed by atoms with E-state index in [1.54, 1.807) is 18.3 Å². The molecule has 3 aromatic rings. The zero-order chi connectivity index (χ0) is 21.3. The third-order valence-corrected chi connectivity index (χ3v) is 7.61. The second-order valence-corrected chi connectivity index (χ2v) is 8.91. The smallest absolute Gasteiger partial charge is 0.282 e. The molecule has 1 fully saturated rings. The molecular formula is C22H21Br2N3O3. The van der Waals surface area contributed by atoms with E-state index in [-0.39, 0.29) is 17.2 Å². The van der Waals surface area contributed by atoms with E-state index in [2.05, 4.69) is 37.0 Å². The number of nitrogens with zero attached hydrogens (tertiary/aromatic N) is 3. The number of methoxy groups -OCH3 is 1. The second kappa shape index (κ2) is 8.89. The summed E-state index contributed by atoms with van der Waals surface area (Å²) in [7, 11) is 1.48. The topological polar surface area (TPSA) is 76.7 Å². The number of ether oxygens (including phenoxy) is 1. The maximum absolute atomic E-state index is 13.3. The van der Waals surface area contributed by atoms with Crippen molar-refractivity contribution in [2.24, 2.45) is 5.10 Å². The largest absolute Gasteiger partial charge is 0.503 e. The van der Waals surface area contributed by atoms with Gasteiger partial charge in [-0.05, 0) is 62.9 Å². The Morgan fingerprint density at radius 1 is 1.20 bits per heavy atom. The van der Waals surface area contributed by atoms with Crippen LogP contribution in [0.5, 0.6) is 11.5 Å². The van der Waals surface area contributed by atoms with Crippen molar-refractivity contribution < 1.29 is 9.84 Å². The van der Waals surface area contributed by atoms with Gasteiger partial charge in [-0.2, -0.15) is 9.78 Å². The number of hydrogen-bond acceptors (Lipinski definition) is 5. The van der Waals surface area contributed by atoms with Crippen molar-refractivity contribution in [2.75, 3.05) is 7.11 Å². The SMILES string of the molecule is COc1cc(C=Nn2c(C3CCCCC3)nc3ccccc3c2=O)c(Br)c(Br)c1O. The molecule has 1 aromatic heterocycles. The average Bonchev–Trinajstić information content (AvgIpc) is 2.78. The van der Waals surface area contributed by atoms with E-state index in [4.69, 9.17) is 9.72 Å². The summed E-state index contributed by atoms with van der Waals surface area (Å²) in [4.78, 5) is 18.1. The first kappa shape index (κ1) is 21.1. The van der Waals surface area contributed by atoms with Crippen molar-refractivity contribution in [3.8, 4) is 11.5 Å². The lowest BCUT2D eigenvalue weighted by Crippen LogP contribution is -2.25. The molecule has 0 unspecified atom stereocenters. The molecule has 8 heteroatoms. The number of fused-ring (bicyclic) bond motifs is 1. The Kier molecular flexibility index (Phi) is 6.24. The Morgan fingerprint density at radius 3 is 2.67 bits per heavy atom. The summed E-state index contributed by atoms with van der Waals surface area (Å²) < 4.78 is 7.73. The first-order valence-corrected chi connectivity index (χ1v) is 11.4. The van der Waals surface area contributed by atoms with Gasteiger partial charge < -0.3 is 9.84 Å². The lowest BCUT2D eigenvalue weighted by atomic mass is 9.88. The Morgan fingerprint density at radius 2 is 1.93 bits per heavy atom. The van der Waals surface area contributed by atoms with Crippen LogP contribution in [0, 0.1) is 0 Å². The zero-order valence-corrected chi connectivity index (χ0v) is 19.6. The number of para-hydroxylation sites is 1. The molecule has 156 valence electrons. The van der Waals surface area contributed by atoms with Crippen molar-refractivity contribution in [3.05, 3.63) is 61.0 Å². The van der Waals surface area contributed by atoms with Crippen LogP contribution >= 0.6 is 31.9 Å². The van der Waals surface area contributed by atoms with Crippen molar-refractivity contribution in [2.45, 2.75) is 38.0 Å². The van der Waals surface area contributed by atoms with E-state index in [0.717, 1.165) is 25.7 Å². The maximum Gasteiger partial charge on any atom is 0.282 e. The molecule has 1 aliphatic carbocycles. The molecule has 30 heavy (non-hydrogen) atoms. The van der Waals surface area contributed by atoms with Gasteiger partial charge in [0.05, 0.1) is 28.7 Å². The molecule has 4 rings (SSSR count). The van der Waals surface area contributed by atoms with Crippen LogP contribution in [0.1, 0.15) is 49.4 Å². The van der Waals surface area contributed by atoms with E-state index >= 15 is 0 Å². The number of benzene rings is 2. The molecule has 6 nitrogen and oxygen atoms in total. The summed E-state index contributed by atoms with van der Waals surface area (Å²) in [6.07, 6.45) is 7.06. The van der Waals surface area contributed by atoms with Crippen molar-refractivity contribution in [1.82, 2.24) is 9.66 Å². The molecule has 0 radical (unpaired) electrons. The number of phenolic OH excluding ortho intramolecular Hbond substituents is 1. The fourth-order valence-corrected chi connectivity index (χ4v) is 4.69. The van der Waals surface area contributed by atoms with Gasteiger partial charge >= 0.3 is 0 Å². The van der Waals surface area contributed by atoms with E-state index < -0.39 is 0 Å². The molecule has 0 bridgehead atoms. The summed E-state index contributed by atoms with van der Waals surface area (Å²) in [5, 5.41) is 15.2. The van der Waals surface area contributed by atoms with Gasteiger partial charge in [0.15, 0.2) is 11.5 Å². The van der Waals surface area contributed by atoms with Gasteiger partial charge in [-0.15, -0.1) is 0 Å². The van der Waals surface area contributed by atoms with E-state index in [9.17, 15) is 9.90 Å². The third kappa shape index (κ3) is 3.90. The fraction of sp³-hybridized carbons (Fsp3) is 0.318. The normalized spacial score (nSPS) is 15.2. The Bertz CT molecular complexity index is 1180. The Hall–Kier alpha value is -2.19. The average molecular weight is 535 g/mol. The minimum atomic E-state index is -0.182. The van der Waals surface area contributed by atoms with Crippen molar-refractivity contribution in [1.29, 1.82) is 0 Å². The molecular weight excluding hydrogens is 514 g/mol. The van der Waals surface area contributed by atoms with Crippen molar-refractivity contribution in [3.63, 3.8) is 0 Å². The van der Waals surface area contributed by atoms with Crippen molar-refractivity contribution >= 4 is 49.0 Å². The van der Waals surface area contributed by atoms with E-state index in [1.165, 1.54) is 18.2 Å². The molecule has 0 atom stereocenters. The van der Waals surface area contributed by atoms with E-state index in [1.807, 2.05) is 18.2 Å². The lowest BCUT2D eigenvalue weighted by molar-refractivity contribution is 0.371. The molecule has 1 saturated carbocycles. The predicted molar refractivity (Wildman–Crippen MR) is 125 cm³/mol. The molecule has 2 aromatic carbocycles. The first-order valence-electron chi connectivity index (χ1n) is 9.82. The van der Waals surface area contributed by atoms with Crippen LogP contribution < -0.4 is 10.3 Å². The Labute approximate surface area is 190 Å². The van der Waals surface area contributed by atoms with Crippen LogP contribution in [0.25, 0.3) is 10.9 Å². The monoisotopic (exact) mass is 533 g/mol. The summed E-state index contributed by atoms with van der Waals surface area (Å²) >= 11 is 6.82. The second-order valence-electron chi connectivity index (χ2n) is 7.33. The summed E-state index contributed by atoms with van der Waals surface area (Å²) in [5.41, 5.74) is 1.18. The molecule has 1 heterocycles. The van der Waals surface area contributed by atoms with Gasteiger partial charge in [0, 0.05) is 16.0 Å². The number of aromatic hydroxyl groups is 1. The van der Waals surface area contributed by atoms with Gasteiger partial charge in [-0.1, -0.05) is 31.4 Å². The van der Waals surface area contributed by atoms with Crippen LogP contribution in [0.4, 0.5) is 0 Å². The molecule has 1 aliphatic rings. The summed E-state index contributed by atoms with van der Waals surface area (Å²) in [6, 6.07) is 9.03. The van der Waals surface area contributed by atoms with Gasteiger partial charge in [-0.3, -0.25) is 4.79 Å². The van der Waals surface area contributed by atoms with Crippen LogP contribution in [0.2, 0.25) is 0 Å². The van der Waals surface area contributed by atoms with Crippen LogP contribution in [0.15, 0.2) is 49.2 Å². The number of aromatic nitrogens is 2. The standard InChI is InChI=1S/C22H21Br2N3O3/c1-30-17-11-14(18(23)19(24)20(17)28)12-25-27-21(13-7-3-2-4-8-13)26-16-10-6-5-9-15(16)22(27)29/h5-6,9-13,28H,2-4,7-8H2,1H3. The lowest BCUT2D eigenvalue weighted by Gasteiger charge is -2.22. The summed E-state index contributed by atoms with van der Waals surface area (Å²) in [5.74, 6) is 1.21. The number of halogens is 2. The number of hydrogen-bond donors (Lipinski definition) is 1.